The van der Waals surface area contributed by atoms with E-state index < -0.39 is 35.4 Å². The van der Waals surface area contributed by atoms with Crippen LogP contribution in [0, 0.1) is 0 Å². The number of carbonyl (C=O) groups excluding carboxylic acids is 1. The summed E-state index contributed by atoms with van der Waals surface area (Å²) < 4.78 is 51.7. The molecule has 2 aromatic carbocycles. The van der Waals surface area contributed by atoms with Crippen LogP contribution in [0.1, 0.15) is 17.2 Å². The lowest BCUT2D eigenvalue weighted by molar-refractivity contribution is -0.137. The summed E-state index contributed by atoms with van der Waals surface area (Å²) in [5.41, 5.74) is -0.547. The SMILES string of the molecule is O=C(NC1CNC1)C(O)c1ccc(-c2noc(-c3onc(-c4ccccc4)c3C(F)(F)F)n2)cc1. The van der Waals surface area contributed by atoms with E-state index in [1.54, 1.807) is 18.2 Å². The molecule has 12 heteroatoms. The number of amides is 1. The summed E-state index contributed by atoms with van der Waals surface area (Å²) in [6.07, 6.45) is -6.16. The highest BCUT2D eigenvalue weighted by atomic mass is 19.4. The molecular weight excluding hydrogens is 467 g/mol. The van der Waals surface area contributed by atoms with Gasteiger partial charge in [0.1, 0.15) is 11.3 Å². The second-order valence-corrected chi connectivity index (χ2v) is 7.91. The van der Waals surface area contributed by atoms with Crippen LogP contribution in [0.2, 0.25) is 0 Å². The summed E-state index contributed by atoms with van der Waals surface area (Å²) in [6.45, 7) is 1.29. The molecular formula is C23H18F3N5O4. The third kappa shape index (κ3) is 4.53. The first kappa shape index (κ1) is 22.7. The first-order valence-electron chi connectivity index (χ1n) is 10.6. The van der Waals surface area contributed by atoms with Gasteiger partial charge in [-0.25, -0.2) is 0 Å². The van der Waals surface area contributed by atoms with Crippen LogP contribution in [0.4, 0.5) is 13.2 Å². The monoisotopic (exact) mass is 485 g/mol. The number of nitrogens with one attached hydrogen (secondary N) is 2. The van der Waals surface area contributed by atoms with E-state index in [-0.39, 0.29) is 23.1 Å². The lowest BCUT2D eigenvalue weighted by atomic mass is 10.0. The van der Waals surface area contributed by atoms with Crippen LogP contribution in [0.15, 0.2) is 63.6 Å². The highest BCUT2D eigenvalue weighted by Crippen LogP contribution is 2.43. The fraction of sp³-hybridized carbons (Fsp3) is 0.217. The van der Waals surface area contributed by atoms with Crippen LogP contribution < -0.4 is 10.6 Å². The minimum atomic E-state index is -4.79. The molecule has 35 heavy (non-hydrogen) atoms. The number of hydrogen-bond donors (Lipinski definition) is 3. The lowest BCUT2D eigenvalue weighted by Crippen LogP contribution is -2.57. The zero-order valence-electron chi connectivity index (χ0n) is 17.9. The van der Waals surface area contributed by atoms with Crippen molar-refractivity contribution in [3.63, 3.8) is 0 Å². The molecule has 1 aliphatic rings. The van der Waals surface area contributed by atoms with Crippen LogP contribution in [-0.4, -0.2) is 45.4 Å². The molecule has 3 N–H and O–H groups in total. The van der Waals surface area contributed by atoms with Crippen LogP contribution in [-0.2, 0) is 11.0 Å². The Hall–Kier alpha value is -4.03. The topological polar surface area (TPSA) is 126 Å². The normalized spacial score (nSPS) is 15.0. The Morgan fingerprint density at radius 2 is 1.74 bits per heavy atom. The largest absolute Gasteiger partial charge is 0.422 e. The van der Waals surface area contributed by atoms with Gasteiger partial charge in [-0.15, -0.1) is 0 Å². The van der Waals surface area contributed by atoms with Gasteiger partial charge in [-0.1, -0.05) is 64.9 Å². The van der Waals surface area contributed by atoms with Crippen LogP contribution in [0.25, 0.3) is 34.3 Å². The first-order valence-corrected chi connectivity index (χ1v) is 10.6. The molecule has 0 saturated carbocycles. The van der Waals surface area contributed by atoms with Gasteiger partial charge in [-0.2, -0.15) is 18.2 Å². The number of aliphatic hydroxyl groups is 1. The van der Waals surface area contributed by atoms with Crippen molar-refractivity contribution < 1.29 is 32.1 Å². The highest BCUT2D eigenvalue weighted by molar-refractivity contribution is 5.82. The van der Waals surface area contributed by atoms with Crippen molar-refractivity contribution >= 4 is 5.91 Å². The maximum atomic E-state index is 13.9. The number of aliphatic hydroxyl groups excluding tert-OH is 1. The molecule has 0 bridgehead atoms. The fourth-order valence-corrected chi connectivity index (χ4v) is 3.56. The Morgan fingerprint density at radius 3 is 2.37 bits per heavy atom. The van der Waals surface area contributed by atoms with Crippen molar-refractivity contribution in [2.75, 3.05) is 13.1 Å². The van der Waals surface area contributed by atoms with Gasteiger partial charge >= 0.3 is 6.18 Å². The van der Waals surface area contributed by atoms with E-state index in [4.69, 9.17) is 9.05 Å². The first-order chi connectivity index (χ1) is 16.8. The predicted molar refractivity (Wildman–Crippen MR) is 115 cm³/mol. The molecule has 180 valence electrons. The number of carbonyl (C=O) groups is 1. The zero-order chi connectivity index (χ0) is 24.6. The Morgan fingerprint density at radius 1 is 1.03 bits per heavy atom. The van der Waals surface area contributed by atoms with Crippen LogP contribution in [0.5, 0.6) is 0 Å². The number of nitrogens with zero attached hydrogens (tertiary/aromatic N) is 3. The molecule has 0 spiro atoms. The molecule has 5 rings (SSSR count). The van der Waals surface area contributed by atoms with Gasteiger partial charge in [0.2, 0.25) is 11.6 Å². The van der Waals surface area contributed by atoms with Crippen molar-refractivity contribution in [1.82, 2.24) is 25.9 Å². The van der Waals surface area contributed by atoms with E-state index in [2.05, 4.69) is 25.9 Å². The van der Waals surface area contributed by atoms with Gasteiger partial charge in [-0.05, 0) is 5.56 Å². The molecule has 0 radical (unpaired) electrons. The molecule has 1 atom stereocenters. The van der Waals surface area contributed by atoms with Gasteiger partial charge in [0.25, 0.3) is 11.8 Å². The Kier molecular flexibility index (Phi) is 5.83. The number of halogens is 3. The van der Waals surface area contributed by atoms with E-state index >= 15 is 0 Å². The van der Waals surface area contributed by atoms with E-state index in [0.29, 0.717) is 24.2 Å². The summed E-state index contributed by atoms with van der Waals surface area (Å²) in [6, 6.07) is 13.8. The molecule has 0 aliphatic carbocycles. The number of rotatable bonds is 6. The number of benzene rings is 2. The average molecular weight is 485 g/mol. The minimum absolute atomic E-state index is 0.00295. The molecule has 4 aromatic rings. The van der Waals surface area contributed by atoms with Crippen LogP contribution >= 0.6 is 0 Å². The van der Waals surface area contributed by atoms with Gasteiger partial charge in [0.15, 0.2) is 6.10 Å². The fourth-order valence-electron chi connectivity index (χ4n) is 3.56. The van der Waals surface area contributed by atoms with Crippen molar-refractivity contribution in [2.24, 2.45) is 0 Å². The molecule has 1 aliphatic heterocycles. The van der Waals surface area contributed by atoms with Gasteiger partial charge in [0.05, 0.1) is 6.04 Å². The average Bonchev–Trinajstić information content (AvgIpc) is 3.49. The lowest BCUT2D eigenvalue weighted by Gasteiger charge is -2.28. The van der Waals surface area contributed by atoms with Crippen molar-refractivity contribution in [3.8, 4) is 34.3 Å². The van der Waals surface area contributed by atoms with Gasteiger partial charge < -0.3 is 24.8 Å². The quantitative estimate of drug-likeness (QED) is 0.380. The summed E-state index contributed by atoms with van der Waals surface area (Å²) in [7, 11) is 0. The molecule has 3 heterocycles. The molecule has 1 fully saturated rings. The van der Waals surface area contributed by atoms with E-state index in [1.165, 1.54) is 36.4 Å². The summed E-state index contributed by atoms with van der Waals surface area (Å²) >= 11 is 0. The Bertz CT molecular complexity index is 1330. The van der Waals surface area contributed by atoms with Crippen molar-refractivity contribution in [3.05, 3.63) is 65.7 Å². The van der Waals surface area contributed by atoms with E-state index in [9.17, 15) is 23.1 Å². The van der Waals surface area contributed by atoms with Crippen molar-refractivity contribution in [2.45, 2.75) is 18.3 Å². The minimum Gasteiger partial charge on any atom is -0.378 e. The Labute approximate surface area is 195 Å². The molecule has 2 aromatic heterocycles. The second kappa shape index (κ2) is 8.96. The third-order valence-corrected chi connectivity index (χ3v) is 5.50. The standard InChI is InChI=1S/C23H18F3N5O4/c24-23(25,26)16-17(12-4-2-1-3-5-12)30-34-19(16)22-29-20(31-35-22)14-8-6-13(7-9-14)18(32)21(33)28-15-10-27-11-15/h1-9,15,18,27,32H,10-11H2,(H,28,33). The second-order valence-electron chi connectivity index (χ2n) is 7.91. The third-order valence-electron chi connectivity index (χ3n) is 5.50. The van der Waals surface area contributed by atoms with E-state index in [1.807, 2.05) is 0 Å². The highest BCUT2D eigenvalue weighted by Gasteiger charge is 2.43. The molecule has 1 saturated heterocycles. The maximum Gasteiger partial charge on any atom is 0.422 e. The molecule has 1 unspecified atom stereocenters. The zero-order valence-corrected chi connectivity index (χ0v) is 17.9. The summed E-state index contributed by atoms with van der Waals surface area (Å²) in [5.74, 6) is -1.70. The van der Waals surface area contributed by atoms with Crippen molar-refractivity contribution in [1.29, 1.82) is 0 Å². The van der Waals surface area contributed by atoms with Crippen LogP contribution in [0.3, 0.4) is 0 Å². The summed E-state index contributed by atoms with van der Waals surface area (Å²) in [4.78, 5) is 16.2. The van der Waals surface area contributed by atoms with Gasteiger partial charge in [0, 0.05) is 24.2 Å². The number of aromatic nitrogens is 3. The molecule has 9 nitrogen and oxygen atoms in total. The van der Waals surface area contributed by atoms with Gasteiger partial charge in [-0.3, -0.25) is 4.79 Å². The maximum absolute atomic E-state index is 13.9. The predicted octanol–water partition coefficient (Wildman–Crippen LogP) is 3.20. The number of alkyl halides is 3. The Balaban J connectivity index is 1.40. The smallest absolute Gasteiger partial charge is 0.378 e. The van der Waals surface area contributed by atoms with E-state index in [0.717, 1.165) is 0 Å². The summed E-state index contributed by atoms with van der Waals surface area (Å²) in [5, 5.41) is 23.3. The number of hydrogen-bond acceptors (Lipinski definition) is 8. The molecule has 1 amide bonds.